The van der Waals surface area contributed by atoms with E-state index in [1.54, 1.807) is 27.2 Å². The number of thioether (sulfide) groups is 1. The molecule has 3 aromatic heterocycles. The molecule has 4 heterocycles. The molecule has 2 N–H and O–H groups in total. The molecule has 0 unspecified atom stereocenters. The molecule has 2 aromatic carbocycles. The molecule has 0 bridgehead atoms. The standard InChI is InChI=1S/C29H31N9O3S/c1-18(2)42-23-11-7-10-21-24(23)33-28(38-26(21)34-25(35-38)20-14-31-36(3)15-20)32-22-16-37(13-12-30-27(22)39)29(40)41-17-19-8-5-4-6-9-19/h4-11,14-15,18,22H,12-13,16-17H2,1-3H3,(H,30,39)(H,32,33)/t22-/m1/s1. The van der Waals surface area contributed by atoms with Crippen molar-refractivity contribution in [3.05, 3.63) is 66.5 Å². The second kappa shape index (κ2) is 11.7. The summed E-state index contributed by atoms with van der Waals surface area (Å²) in [6, 6.07) is 14.7. The lowest BCUT2D eigenvalue weighted by Crippen LogP contribution is -2.44. The van der Waals surface area contributed by atoms with E-state index in [9.17, 15) is 9.59 Å². The van der Waals surface area contributed by atoms with Crippen molar-refractivity contribution in [2.45, 2.75) is 36.6 Å². The van der Waals surface area contributed by atoms with Gasteiger partial charge in [0.25, 0.3) is 0 Å². The number of rotatable bonds is 7. The van der Waals surface area contributed by atoms with Gasteiger partial charge in [0, 0.05) is 41.9 Å². The van der Waals surface area contributed by atoms with E-state index in [2.05, 4.69) is 29.6 Å². The van der Waals surface area contributed by atoms with E-state index in [-0.39, 0.29) is 19.1 Å². The normalized spacial score (nSPS) is 15.7. The quantitative estimate of drug-likeness (QED) is 0.274. The van der Waals surface area contributed by atoms with Crippen LogP contribution in [0.2, 0.25) is 0 Å². The van der Waals surface area contributed by atoms with Gasteiger partial charge in [-0.25, -0.2) is 14.8 Å². The molecule has 12 nitrogen and oxygen atoms in total. The number of carbonyl (C=O) groups is 2. The molecule has 1 atom stereocenters. The van der Waals surface area contributed by atoms with Crippen molar-refractivity contribution in [3.8, 4) is 11.4 Å². The van der Waals surface area contributed by atoms with Gasteiger partial charge in [-0.1, -0.05) is 50.2 Å². The fourth-order valence-electron chi connectivity index (χ4n) is 4.78. The molecule has 0 spiro atoms. The van der Waals surface area contributed by atoms with Crippen molar-refractivity contribution in [2.24, 2.45) is 7.05 Å². The number of benzene rings is 2. The summed E-state index contributed by atoms with van der Waals surface area (Å²) in [7, 11) is 1.83. The predicted molar refractivity (Wildman–Crippen MR) is 160 cm³/mol. The fraction of sp³-hybridized carbons (Fsp3) is 0.310. The maximum Gasteiger partial charge on any atom is 0.410 e. The van der Waals surface area contributed by atoms with Crippen LogP contribution in [0.4, 0.5) is 10.7 Å². The SMILES string of the molecule is CC(C)Sc1cccc2c1nc(N[C@@H]1CN(C(=O)OCc3ccccc3)CCNC1=O)n1nc(-c3cnn(C)c3)nc21. The van der Waals surface area contributed by atoms with Crippen molar-refractivity contribution in [2.75, 3.05) is 25.0 Å². The number of ether oxygens (including phenoxy) is 1. The Kier molecular flexibility index (Phi) is 7.66. The van der Waals surface area contributed by atoms with E-state index >= 15 is 0 Å². The van der Waals surface area contributed by atoms with Crippen LogP contribution in [0.3, 0.4) is 0 Å². The first-order valence-electron chi connectivity index (χ1n) is 13.7. The first kappa shape index (κ1) is 27.5. The summed E-state index contributed by atoms with van der Waals surface area (Å²) >= 11 is 1.70. The highest BCUT2D eigenvalue weighted by atomic mass is 32.2. The number of aryl methyl sites for hydroxylation is 1. The van der Waals surface area contributed by atoms with Gasteiger partial charge in [0.2, 0.25) is 11.9 Å². The van der Waals surface area contributed by atoms with E-state index < -0.39 is 12.1 Å². The van der Waals surface area contributed by atoms with Crippen LogP contribution in [-0.2, 0) is 23.2 Å². The molecule has 1 saturated heterocycles. The van der Waals surface area contributed by atoms with E-state index in [0.717, 1.165) is 26.9 Å². The van der Waals surface area contributed by atoms with Gasteiger partial charge in [0.15, 0.2) is 11.5 Å². The van der Waals surface area contributed by atoms with Crippen molar-refractivity contribution in [1.82, 2.24) is 39.6 Å². The summed E-state index contributed by atoms with van der Waals surface area (Å²) in [6.45, 7) is 5.12. The Balaban J connectivity index is 1.35. The van der Waals surface area contributed by atoms with Gasteiger partial charge in [-0.05, 0) is 17.7 Å². The lowest BCUT2D eigenvalue weighted by Gasteiger charge is -2.23. The molecular weight excluding hydrogens is 554 g/mol. The topological polar surface area (TPSA) is 132 Å². The van der Waals surface area contributed by atoms with Crippen molar-refractivity contribution in [1.29, 1.82) is 0 Å². The zero-order chi connectivity index (χ0) is 29.2. The summed E-state index contributed by atoms with van der Waals surface area (Å²) in [6.07, 6.45) is 3.05. The molecule has 216 valence electrons. The number of hydrogen-bond donors (Lipinski definition) is 2. The third-order valence-electron chi connectivity index (χ3n) is 6.76. The summed E-state index contributed by atoms with van der Waals surface area (Å²) in [5.74, 6) is 0.580. The minimum atomic E-state index is -0.805. The van der Waals surface area contributed by atoms with Gasteiger partial charge in [-0.2, -0.15) is 9.61 Å². The lowest BCUT2D eigenvalue weighted by atomic mass is 10.2. The van der Waals surface area contributed by atoms with Crippen LogP contribution in [0, 0.1) is 0 Å². The van der Waals surface area contributed by atoms with Crippen LogP contribution in [-0.4, -0.2) is 77.2 Å². The molecule has 1 aliphatic rings. The zero-order valence-electron chi connectivity index (χ0n) is 23.5. The number of nitrogens with zero attached hydrogens (tertiary/aromatic N) is 7. The Bertz CT molecular complexity index is 1750. The fourth-order valence-corrected chi connectivity index (χ4v) is 5.71. The van der Waals surface area contributed by atoms with Gasteiger partial charge < -0.3 is 20.3 Å². The zero-order valence-corrected chi connectivity index (χ0v) is 24.3. The van der Waals surface area contributed by atoms with Gasteiger partial charge >= 0.3 is 6.09 Å². The monoisotopic (exact) mass is 585 g/mol. The molecule has 2 amide bonds. The molecule has 0 radical (unpaired) electrons. The van der Waals surface area contributed by atoms with E-state index in [4.69, 9.17) is 19.8 Å². The molecule has 6 rings (SSSR count). The molecule has 1 fully saturated rings. The molecule has 1 aliphatic heterocycles. The van der Waals surface area contributed by atoms with Crippen molar-refractivity contribution >= 4 is 46.3 Å². The minimum absolute atomic E-state index is 0.0905. The van der Waals surface area contributed by atoms with Crippen LogP contribution in [0.25, 0.3) is 27.9 Å². The summed E-state index contributed by atoms with van der Waals surface area (Å²) < 4.78 is 8.86. The highest BCUT2D eigenvalue weighted by molar-refractivity contribution is 8.00. The van der Waals surface area contributed by atoms with Crippen LogP contribution in [0.5, 0.6) is 0 Å². The van der Waals surface area contributed by atoms with Crippen LogP contribution < -0.4 is 10.6 Å². The second-order valence-electron chi connectivity index (χ2n) is 10.3. The van der Waals surface area contributed by atoms with Crippen molar-refractivity contribution < 1.29 is 14.3 Å². The van der Waals surface area contributed by atoms with E-state index in [1.807, 2.05) is 61.8 Å². The molecule has 0 saturated carbocycles. The van der Waals surface area contributed by atoms with Crippen LogP contribution >= 0.6 is 11.8 Å². The Labute approximate surface area is 246 Å². The van der Waals surface area contributed by atoms with E-state index in [0.29, 0.717) is 35.8 Å². The number of carbonyl (C=O) groups excluding carboxylic acids is 2. The highest BCUT2D eigenvalue weighted by Crippen LogP contribution is 2.33. The van der Waals surface area contributed by atoms with Crippen molar-refractivity contribution in [3.63, 3.8) is 0 Å². The maximum absolute atomic E-state index is 13.2. The van der Waals surface area contributed by atoms with Gasteiger partial charge in [-0.15, -0.1) is 16.9 Å². The summed E-state index contributed by atoms with van der Waals surface area (Å²) in [5, 5.41) is 16.3. The number of nitrogens with one attached hydrogen (secondary N) is 2. The average Bonchev–Trinajstić information content (AvgIpc) is 3.58. The van der Waals surface area contributed by atoms with E-state index in [1.165, 1.54) is 4.90 Å². The number of amides is 2. The number of hydrogen-bond acceptors (Lipinski definition) is 9. The average molecular weight is 586 g/mol. The molecular formula is C29H31N9O3S. The number of aromatic nitrogens is 6. The summed E-state index contributed by atoms with van der Waals surface area (Å²) in [4.78, 5) is 38.5. The molecule has 13 heteroatoms. The molecule has 42 heavy (non-hydrogen) atoms. The van der Waals surface area contributed by atoms with Gasteiger partial charge in [-0.3, -0.25) is 9.48 Å². The Morgan fingerprint density at radius 2 is 2.00 bits per heavy atom. The molecule has 0 aliphatic carbocycles. The predicted octanol–water partition coefficient (Wildman–Crippen LogP) is 3.73. The lowest BCUT2D eigenvalue weighted by molar-refractivity contribution is -0.121. The van der Waals surface area contributed by atoms with Gasteiger partial charge in [0.1, 0.15) is 12.6 Å². The Morgan fingerprint density at radius 1 is 1.17 bits per heavy atom. The van der Waals surface area contributed by atoms with Gasteiger partial charge in [0.05, 0.1) is 23.8 Å². The third kappa shape index (κ3) is 5.73. The van der Waals surface area contributed by atoms with Crippen LogP contribution in [0.15, 0.2) is 65.8 Å². The number of anilines is 1. The summed E-state index contributed by atoms with van der Waals surface area (Å²) in [5.41, 5.74) is 3.00. The Hall–Kier alpha value is -4.65. The Morgan fingerprint density at radius 3 is 2.76 bits per heavy atom. The minimum Gasteiger partial charge on any atom is -0.445 e. The number of fused-ring (bicyclic) bond motifs is 3. The number of para-hydroxylation sites is 1. The van der Waals surface area contributed by atoms with Crippen LogP contribution in [0.1, 0.15) is 19.4 Å². The smallest absolute Gasteiger partial charge is 0.410 e. The first-order chi connectivity index (χ1) is 20.4. The second-order valence-corrected chi connectivity index (χ2v) is 11.9. The first-order valence-corrected chi connectivity index (χ1v) is 14.6. The third-order valence-corrected chi connectivity index (χ3v) is 7.81. The maximum atomic E-state index is 13.2. The largest absolute Gasteiger partial charge is 0.445 e. The highest BCUT2D eigenvalue weighted by Gasteiger charge is 2.30. The molecule has 5 aromatic rings.